The minimum Gasteiger partial charge on any atom is -0.480 e. The summed E-state index contributed by atoms with van der Waals surface area (Å²) in [4.78, 5) is 34.6. The average molecular weight is 299 g/mol. The van der Waals surface area contributed by atoms with Crippen LogP contribution in [0, 0.1) is 0 Å². The Bertz CT molecular complexity index is 489. The Balaban J connectivity index is 2.37. The van der Waals surface area contributed by atoms with Crippen LogP contribution in [-0.2, 0) is 9.59 Å². The predicted octanol–water partition coefficient (Wildman–Crippen LogP) is 0.352. The van der Waals surface area contributed by atoms with Gasteiger partial charge in [0.05, 0.1) is 11.4 Å². The third-order valence-corrected chi connectivity index (χ3v) is 3.75. The molecule has 1 aromatic heterocycles. The maximum atomic E-state index is 11.5. The quantitative estimate of drug-likeness (QED) is 0.567. The summed E-state index contributed by atoms with van der Waals surface area (Å²) in [6, 6.07) is 3.35. The van der Waals surface area contributed by atoms with Gasteiger partial charge in [0.1, 0.15) is 5.54 Å². The van der Waals surface area contributed by atoms with Crippen LogP contribution in [-0.4, -0.2) is 35.0 Å². The molecule has 1 unspecified atom stereocenters. The van der Waals surface area contributed by atoms with Crippen molar-refractivity contribution >= 4 is 29.1 Å². The predicted molar refractivity (Wildman–Crippen MR) is 74.3 cm³/mol. The molecule has 110 valence electrons. The third-order valence-electron chi connectivity index (χ3n) is 2.88. The molecule has 0 saturated carbocycles. The summed E-state index contributed by atoms with van der Waals surface area (Å²) in [6.45, 7) is 2.99. The zero-order valence-corrected chi connectivity index (χ0v) is 12.0. The normalized spacial score (nSPS) is 13.3. The van der Waals surface area contributed by atoms with Crippen LogP contribution in [0.4, 0.5) is 0 Å². The third kappa shape index (κ3) is 4.32. The van der Waals surface area contributed by atoms with Gasteiger partial charge in [0, 0.05) is 0 Å². The van der Waals surface area contributed by atoms with Gasteiger partial charge in [-0.05, 0) is 24.8 Å². The number of hydrogen-bond donors (Lipinski definition) is 4. The molecule has 0 aliphatic heterocycles. The first kappa shape index (κ1) is 16.1. The van der Waals surface area contributed by atoms with Gasteiger partial charge in [-0.3, -0.25) is 30.6 Å². The molecule has 2 amide bonds. The van der Waals surface area contributed by atoms with Gasteiger partial charge in [-0.1, -0.05) is 13.0 Å². The molecule has 0 fully saturated rings. The van der Waals surface area contributed by atoms with Crippen molar-refractivity contribution < 1.29 is 19.5 Å². The molecule has 0 aliphatic rings. The molecule has 1 aromatic rings. The van der Waals surface area contributed by atoms with Crippen molar-refractivity contribution in [2.45, 2.75) is 25.8 Å². The summed E-state index contributed by atoms with van der Waals surface area (Å²) in [6.07, 6.45) is 0.331. The van der Waals surface area contributed by atoms with Gasteiger partial charge in [-0.25, -0.2) is 0 Å². The van der Waals surface area contributed by atoms with Crippen LogP contribution in [0.3, 0.4) is 0 Å². The SMILES string of the molecule is CCC(C)(NCC(=O)NNC(=O)c1cccs1)C(=O)O. The van der Waals surface area contributed by atoms with Gasteiger partial charge in [0.2, 0.25) is 0 Å². The molecule has 0 aliphatic carbocycles. The van der Waals surface area contributed by atoms with E-state index < -0.39 is 23.3 Å². The molecule has 1 rings (SSSR count). The Hall–Kier alpha value is -1.93. The molecule has 0 radical (unpaired) electrons. The van der Waals surface area contributed by atoms with Crippen molar-refractivity contribution in [2.75, 3.05) is 6.54 Å². The Kier molecular flexibility index (Phi) is 5.66. The zero-order valence-electron chi connectivity index (χ0n) is 11.2. The lowest BCUT2D eigenvalue weighted by Crippen LogP contribution is -2.54. The molecule has 1 heterocycles. The van der Waals surface area contributed by atoms with Gasteiger partial charge in [-0.2, -0.15) is 0 Å². The van der Waals surface area contributed by atoms with Crippen LogP contribution in [0.5, 0.6) is 0 Å². The number of carboxylic acids is 1. The van der Waals surface area contributed by atoms with Gasteiger partial charge >= 0.3 is 5.97 Å². The Morgan fingerprint density at radius 3 is 2.55 bits per heavy atom. The highest BCUT2D eigenvalue weighted by Crippen LogP contribution is 2.08. The van der Waals surface area contributed by atoms with Crippen molar-refractivity contribution in [3.05, 3.63) is 22.4 Å². The monoisotopic (exact) mass is 299 g/mol. The van der Waals surface area contributed by atoms with Crippen LogP contribution in [0.25, 0.3) is 0 Å². The van der Waals surface area contributed by atoms with Crippen molar-refractivity contribution in [3.63, 3.8) is 0 Å². The van der Waals surface area contributed by atoms with E-state index in [0.29, 0.717) is 11.3 Å². The molecule has 7 nitrogen and oxygen atoms in total. The number of aliphatic carboxylic acids is 1. The standard InChI is InChI=1S/C12H17N3O4S/c1-3-12(2,11(18)19)13-7-9(16)14-15-10(17)8-5-4-6-20-8/h4-6,13H,3,7H2,1-2H3,(H,14,16)(H,15,17)(H,18,19). The summed E-state index contributed by atoms with van der Waals surface area (Å²) in [5.74, 6) is -1.96. The largest absolute Gasteiger partial charge is 0.480 e. The number of carbonyl (C=O) groups excluding carboxylic acids is 2. The number of amides is 2. The molecule has 0 bridgehead atoms. The van der Waals surface area contributed by atoms with Gasteiger partial charge in [0.25, 0.3) is 11.8 Å². The lowest BCUT2D eigenvalue weighted by atomic mass is 9.99. The minimum absolute atomic E-state index is 0.207. The van der Waals surface area contributed by atoms with E-state index in [1.807, 2.05) is 0 Å². The molecule has 0 aromatic carbocycles. The topological polar surface area (TPSA) is 108 Å². The van der Waals surface area contributed by atoms with Gasteiger partial charge < -0.3 is 5.11 Å². The number of carboxylic acid groups (broad SMARTS) is 1. The fourth-order valence-electron chi connectivity index (χ4n) is 1.27. The second-order valence-electron chi connectivity index (χ2n) is 4.32. The lowest BCUT2D eigenvalue weighted by molar-refractivity contribution is -0.144. The molecule has 0 saturated heterocycles. The Morgan fingerprint density at radius 1 is 1.35 bits per heavy atom. The van der Waals surface area contributed by atoms with E-state index in [2.05, 4.69) is 16.2 Å². The molecular formula is C12H17N3O4S. The van der Waals surface area contributed by atoms with Gasteiger partial charge in [0.15, 0.2) is 0 Å². The molecule has 0 spiro atoms. The lowest BCUT2D eigenvalue weighted by Gasteiger charge is -2.24. The second kappa shape index (κ2) is 7.01. The summed E-state index contributed by atoms with van der Waals surface area (Å²) in [7, 11) is 0. The molecular weight excluding hydrogens is 282 g/mol. The van der Waals surface area contributed by atoms with Crippen LogP contribution >= 0.6 is 11.3 Å². The number of carbonyl (C=O) groups is 3. The maximum Gasteiger partial charge on any atom is 0.323 e. The van der Waals surface area contributed by atoms with E-state index in [0.717, 1.165) is 0 Å². The van der Waals surface area contributed by atoms with Crippen LogP contribution in [0.2, 0.25) is 0 Å². The van der Waals surface area contributed by atoms with E-state index in [-0.39, 0.29) is 6.54 Å². The van der Waals surface area contributed by atoms with Crippen molar-refractivity contribution in [3.8, 4) is 0 Å². The van der Waals surface area contributed by atoms with Gasteiger partial charge in [-0.15, -0.1) is 11.3 Å². The smallest absolute Gasteiger partial charge is 0.323 e. The first-order valence-corrected chi connectivity index (χ1v) is 6.88. The van der Waals surface area contributed by atoms with Crippen molar-refractivity contribution in [2.24, 2.45) is 0 Å². The van der Waals surface area contributed by atoms with E-state index in [1.54, 1.807) is 24.4 Å². The minimum atomic E-state index is -1.17. The average Bonchev–Trinajstić information content (AvgIpc) is 2.95. The van der Waals surface area contributed by atoms with E-state index in [9.17, 15) is 14.4 Å². The Morgan fingerprint density at radius 2 is 2.05 bits per heavy atom. The molecule has 1 atom stereocenters. The fraction of sp³-hybridized carbons (Fsp3) is 0.417. The number of hydrogen-bond acceptors (Lipinski definition) is 5. The number of hydrazine groups is 1. The highest BCUT2D eigenvalue weighted by Gasteiger charge is 2.30. The number of nitrogens with one attached hydrogen (secondary N) is 3. The summed E-state index contributed by atoms with van der Waals surface area (Å²) in [5.41, 5.74) is 3.30. The molecule has 4 N–H and O–H groups in total. The maximum absolute atomic E-state index is 11.5. The number of thiophene rings is 1. The second-order valence-corrected chi connectivity index (χ2v) is 5.27. The van der Waals surface area contributed by atoms with Crippen LogP contribution in [0.1, 0.15) is 29.9 Å². The summed E-state index contributed by atoms with van der Waals surface area (Å²) >= 11 is 1.25. The Labute approximate surface area is 120 Å². The highest BCUT2D eigenvalue weighted by atomic mass is 32.1. The zero-order chi connectivity index (χ0) is 15.2. The van der Waals surface area contributed by atoms with E-state index >= 15 is 0 Å². The number of rotatable bonds is 6. The van der Waals surface area contributed by atoms with Crippen LogP contribution < -0.4 is 16.2 Å². The first-order valence-electron chi connectivity index (χ1n) is 6.00. The van der Waals surface area contributed by atoms with E-state index in [4.69, 9.17) is 5.11 Å². The summed E-state index contributed by atoms with van der Waals surface area (Å²) in [5, 5.41) is 13.4. The first-order chi connectivity index (χ1) is 9.39. The molecule has 8 heteroatoms. The van der Waals surface area contributed by atoms with Crippen LogP contribution in [0.15, 0.2) is 17.5 Å². The molecule has 20 heavy (non-hydrogen) atoms. The highest BCUT2D eigenvalue weighted by molar-refractivity contribution is 7.12. The van der Waals surface area contributed by atoms with E-state index in [1.165, 1.54) is 18.3 Å². The van der Waals surface area contributed by atoms with Crippen molar-refractivity contribution in [1.82, 2.24) is 16.2 Å². The fourth-order valence-corrected chi connectivity index (χ4v) is 1.89. The van der Waals surface area contributed by atoms with Crippen molar-refractivity contribution in [1.29, 1.82) is 0 Å². The summed E-state index contributed by atoms with van der Waals surface area (Å²) < 4.78 is 0.